The zero-order valence-electron chi connectivity index (χ0n) is 17.3. The molecule has 5 atom stereocenters. The number of aliphatic carboxylic acids is 1. The lowest BCUT2D eigenvalue weighted by molar-refractivity contribution is -0.163. The second-order valence-electron chi connectivity index (χ2n) is 8.03. The number of β-lactam (4-membered cyclic amide) rings is 1. The number of amides is 1. The topological polar surface area (TPSA) is 138 Å². The van der Waals surface area contributed by atoms with Crippen molar-refractivity contribution in [1.82, 2.24) is 14.8 Å². The molecule has 4 N–H and O–H groups in total. The number of aliphatic hydroxyl groups is 2. The van der Waals surface area contributed by atoms with Crippen molar-refractivity contribution in [2.75, 3.05) is 13.2 Å². The molecule has 9 nitrogen and oxygen atoms in total. The van der Waals surface area contributed by atoms with Crippen molar-refractivity contribution in [1.29, 1.82) is 5.41 Å². The van der Waals surface area contributed by atoms with E-state index in [2.05, 4.69) is 4.98 Å². The van der Waals surface area contributed by atoms with Crippen molar-refractivity contribution in [3.8, 4) is 0 Å². The number of carboxylic acids is 1. The van der Waals surface area contributed by atoms with Gasteiger partial charge in [0, 0.05) is 22.7 Å². The maximum Gasteiger partial charge on any atom is 0.353 e. The molecule has 3 aliphatic heterocycles. The summed E-state index contributed by atoms with van der Waals surface area (Å²) in [5, 5.41) is 39.0. The molecule has 1 aromatic rings. The highest BCUT2D eigenvalue weighted by molar-refractivity contribution is 8.04. The van der Waals surface area contributed by atoms with Gasteiger partial charge in [0.05, 0.1) is 42.2 Å². The van der Waals surface area contributed by atoms with Crippen LogP contribution in [-0.2, 0) is 9.59 Å². The SMILES string of the molecule is CC(=N)N1CC(c2csc(SC3=C(C(=O)O)N4C(=O)C(C(C)O)C4C3C)n2)=CC1CO. The number of carbonyl (C=O) groups excluding carboxylic acids is 1. The van der Waals surface area contributed by atoms with Gasteiger partial charge in [-0.15, -0.1) is 11.3 Å². The first-order chi connectivity index (χ1) is 14.6. The molecule has 0 aromatic carbocycles. The summed E-state index contributed by atoms with van der Waals surface area (Å²) in [6.07, 6.45) is 1.07. The molecule has 166 valence electrons. The lowest BCUT2D eigenvalue weighted by Crippen LogP contribution is -2.63. The smallest absolute Gasteiger partial charge is 0.353 e. The summed E-state index contributed by atoms with van der Waals surface area (Å²) < 4.78 is 0.658. The summed E-state index contributed by atoms with van der Waals surface area (Å²) in [5.41, 5.74) is 1.63. The number of aliphatic hydroxyl groups excluding tert-OH is 2. The van der Waals surface area contributed by atoms with Gasteiger partial charge in [-0.05, 0) is 19.4 Å². The molecule has 1 amide bonds. The Morgan fingerprint density at radius 1 is 1.48 bits per heavy atom. The summed E-state index contributed by atoms with van der Waals surface area (Å²) in [6.45, 7) is 5.50. The number of nitrogens with zero attached hydrogens (tertiary/aromatic N) is 3. The van der Waals surface area contributed by atoms with Crippen LogP contribution >= 0.6 is 23.1 Å². The summed E-state index contributed by atoms with van der Waals surface area (Å²) >= 11 is 2.64. The molecule has 0 radical (unpaired) electrons. The van der Waals surface area contributed by atoms with Crippen molar-refractivity contribution in [2.24, 2.45) is 11.8 Å². The van der Waals surface area contributed by atoms with Gasteiger partial charge in [0.1, 0.15) is 5.70 Å². The minimum Gasteiger partial charge on any atom is -0.477 e. The molecule has 11 heteroatoms. The van der Waals surface area contributed by atoms with Crippen LogP contribution in [-0.4, -0.2) is 79.2 Å². The third kappa shape index (κ3) is 3.49. The quantitative estimate of drug-likeness (QED) is 0.282. The molecule has 4 heterocycles. The highest BCUT2D eigenvalue weighted by Crippen LogP contribution is 2.52. The number of rotatable bonds is 6. The van der Waals surface area contributed by atoms with E-state index in [9.17, 15) is 24.9 Å². The minimum absolute atomic E-state index is 0.0211. The van der Waals surface area contributed by atoms with Gasteiger partial charge in [-0.25, -0.2) is 9.78 Å². The number of thioether (sulfide) groups is 1. The van der Waals surface area contributed by atoms with Crippen LogP contribution in [0.15, 0.2) is 26.4 Å². The van der Waals surface area contributed by atoms with Crippen LogP contribution in [0.1, 0.15) is 26.5 Å². The second kappa shape index (κ2) is 8.05. The molecule has 0 bridgehead atoms. The van der Waals surface area contributed by atoms with E-state index in [4.69, 9.17) is 5.41 Å². The number of carboxylic acid groups (broad SMARTS) is 1. The molecule has 4 rings (SSSR count). The van der Waals surface area contributed by atoms with Crippen molar-refractivity contribution < 1.29 is 24.9 Å². The van der Waals surface area contributed by atoms with E-state index in [-0.39, 0.29) is 36.2 Å². The summed E-state index contributed by atoms with van der Waals surface area (Å²) in [6, 6.07) is -0.610. The fourth-order valence-corrected chi connectivity index (χ4v) is 6.68. The molecule has 3 aliphatic rings. The molecule has 1 aromatic heterocycles. The number of fused-ring (bicyclic) bond motifs is 1. The Hall–Kier alpha value is -2.21. The van der Waals surface area contributed by atoms with Crippen LogP contribution < -0.4 is 0 Å². The van der Waals surface area contributed by atoms with Crippen LogP contribution in [0.3, 0.4) is 0 Å². The summed E-state index contributed by atoms with van der Waals surface area (Å²) in [5.74, 6) is -1.96. The van der Waals surface area contributed by atoms with E-state index in [1.165, 1.54) is 28.0 Å². The van der Waals surface area contributed by atoms with E-state index in [0.717, 1.165) is 11.3 Å². The zero-order valence-corrected chi connectivity index (χ0v) is 18.9. The van der Waals surface area contributed by atoms with E-state index in [1.807, 2.05) is 18.4 Å². The fraction of sp³-hybridized carbons (Fsp3) is 0.500. The Balaban J connectivity index is 1.58. The van der Waals surface area contributed by atoms with Gasteiger partial charge < -0.3 is 25.1 Å². The summed E-state index contributed by atoms with van der Waals surface area (Å²) in [7, 11) is 0. The van der Waals surface area contributed by atoms with E-state index in [0.29, 0.717) is 21.6 Å². The van der Waals surface area contributed by atoms with Gasteiger partial charge in [0.25, 0.3) is 0 Å². The van der Waals surface area contributed by atoms with Crippen molar-refractivity contribution >= 4 is 46.4 Å². The third-order valence-electron chi connectivity index (χ3n) is 6.07. The average Bonchev–Trinajstić information content (AvgIpc) is 3.38. The molecule has 1 fully saturated rings. The molecule has 0 saturated carbocycles. The normalized spacial score (nSPS) is 28.5. The number of hydrogen-bond acceptors (Lipinski definition) is 8. The van der Waals surface area contributed by atoms with Gasteiger partial charge in [-0.3, -0.25) is 10.2 Å². The minimum atomic E-state index is -1.16. The Morgan fingerprint density at radius 2 is 2.19 bits per heavy atom. The Bertz CT molecular complexity index is 1020. The average molecular weight is 465 g/mol. The van der Waals surface area contributed by atoms with E-state index in [1.54, 1.807) is 18.7 Å². The molecular weight excluding hydrogens is 440 g/mol. The number of hydrogen-bond donors (Lipinski definition) is 4. The van der Waals surface area contributed by atoms with Crippen LogP contribution in [0.2, 0.25) is 0 Å². The van der Waals surface area contributed by atoms with Crippen molar-refractivity contribution in [3.05, 3.63) is 27.8 Å². The largest absolute Gasteiger partial charge is 0.477 e. The Kier molecular flexibility index (Phi) is 5.71. The predicted molar refractivity (Wildman–Crippen MR) is 117 cm³/mol. The van der Waals surface area contributed by atoms with Gasteiger partial charge in [0.15, 0.2) is 4.34 Å². The highest BCUT2D eigenvalue weighted by Gasteiger charge is 2.60. The third-order valence-corrected chi connectivity index (χ3v) is 8.30. The standard InChI is InChI=1S/C20H24N4O5S2/c1-8-15-14(9(2)26)18(27)24(15)16(19(28)29)17(8)31-20-22-13(7-30-20)11-4-12(6-25)23(5-11)10(3)21/h4,7-9,12,14-15,21,25-26H,5-6H2,1-3H3,(H,28,29). The van der Waals surface area contributed by atoms with Crippen molar-refractivity contribution in [2.45, 2.75) is 43.3 Å². The number of aromatic nitrogens is 1. The Morgan fingerprint density at radius 3 is 2.74 bits per heavy atom. The maximum atomic E-state index is 12.5. The molecule has 31 heavy (non-hydrogen) atoms. The van der Waals surface area contributed by atoms with Crippen LogP contribution in [0.25, 0.3) is 5.57 Å². The lowest BCUT2D eigenvalue weighted by Gasteiger charge is -2.46. The van der Waals surface area contributed by atoms with Gasteiger partial charge in [-0.1, -0.05) is 24.8 Å². The van der Waals surface area contributed by atoms with Gasteiger partial charge in [-0.2, -0.15) is 0 Å². The van der Waals surface area contributed by atoms with Crippen LogP contribution in [0.4, 0.5) is 0 Å². The molecular formula is C20H24N4O5S2. The van der Waals surface area contributed by atoms with Crippen LogP contribution in [0, 0.1) is 17.2 Å². The highest BCUT2D eigenvalue weighted by atomic mass is 32.2. The van der Waals surface area contributed by atoms with E-state index >= 15 is 0 Å². The maximum absolute atomic E-state index is 12.5. The zero-order chi connectivity index (χ0) is 22.6. The van der Waals surface area contributed by atoms with Gasteiger partial charge in [0.2, 0.25) is 5.91 Å². The second-order valence-corrected chi connectivity index (χ2v) is 10.2. The number of carbonyl (C=O) groups is 2. The number of nitrogens with one attached hydrogen (secondary N) is 1. The summed E-state index contributed by atoms with van der Waals surface area (Å²) in [4.78, 5) is 32.7. The molecule has 1 saturated heterocycles. The van der Waals surface area contributed by atoms with Crippen LogP contribution in [0.5, 0.6) is 0 Å². The first-order valence-corrected chi connectivity index (χ1v) is 11.6. The molecule has 5 unspecified atom stereocenters. The first kappa shape index (κ1) is 22.0. The molecule has 0 spiro atoms. The predicted octanol–water partition coefficient (Wildman–Crippen LogP) is 1.45. The molecule has 0 aliphatic carbocycles. The fourth-order valence-electron chi connectivity index (χ4n) is 4.56. The van der Waals surface area contributed by atoms with E-state index < -0.39 is 18.0 Å². The monoisotopic (exact) mass is 464 g/mol. The Labute approximate surface area is 187 Å². The van der Waals surface area contributed by atoms with Gasteiger partial charge >= 0.3 is 5.97 Å². The number of amidine groups is 1. The first-order valence-electron chi connectivity index (χ1n) is 9.91. The number of thiazole rings is 1. The lowest BCUT2D eigenvalue weighted by atomic mass is 9.79. The van der Waals surface area contributed by atoms with Crippen molar-refractivity contribution in [3.63, 3.8) is 0 Å².